The van der Waals surface area contributed by atoms with E-state index in [1.54, 1.807) is 6.92 Å². The molecule has 5 fully saturated rings. The molecular formula is C37H60O12. The molecule has 2 heterocycles. The number of allylic oxidation sites excluding steroid dienone is 1. The fourth-order valence-electron chi connectivity index (χ4n) is 10.8. The molecule has 0 aromatic heterocycles. The zero-order chi connectivity index (χ0) is 35.6. The average Bonchev–Trinajstić information content (AvgIpc) is 3.29. The molecular weight excluding hydrogens is 636 g/mol. The predicted octanol–water partition coefficient (Wildman–Crippen LogP) is 1.58. The van der Waals surface area contributed by atoms with Crippen molar-refractivity contribution in [3.63, 3.8) is 0 Å². The van der Waals surface area contributed by atoms with Crippen LogP contribution in [0.25, 0.3) is 0 Å². The van der Waals surface area contributed by atoms with Gasteiger partial charge in [0.15, 0.2) is 12.6 Å². The molecule has 3 saturated carbocycles. The summed E-state index contributed by atoms with van der Waals surface area (Å²) in [7, 11) is 0. The number of ketones is 1. The molecule has 7 N–H and O–H groups in total. The van der Waals surface area contributed by atoms with E-state index in [2.05, 4.69) is 33.8 Å². The highest BCUT2D eigenvalue weighted by Crippen LogP contribution is 2.69. The second-order valence-corrected chi connectivity index (χ2v) is 17.0. The first-order valence-electron chi connectivity index (χ1n) is 18.6. The molecule has 0 bridgehead atoms. The second kappa shape index (κ2) is 14.1. The van der Waals surface area contributed by atoms with Crippen LogP contribution in [0.1, 0.15) is 92.4 Å². The van der Waals surface area contributed by atoms with Crippen LogP contribution in [0.5, 0.6) is 0 Å². The van der Waals surface area contributed by atoms with Gasteiger partial charge in [0, 0.05) is 17.8 Å². The Morgan fingerprint density at radius 3 is 2.27 bits per heavy atom. The molecule has 6 aliphatic rings. The van der Waals surface area contributed by atoms with Gasteiger partial charge in [-0.05, 0) is 80.5 Å². The summed E-state index contributed by atoms with van der Waals surface area (Å²) in [5.41, 5.74) is -0.944. The van der Waals surface area contributed by atoms with E-state index in [1.165, 1.54) is 5.57 Å². The van der Waals surface area contributed by atoms with Crippen molar-refractivity contribution in [2.45, 2.75) is 159 Å². The lowest BCUT2D eigenvalue weighted by molar-refractivity contribution is -0.344. The van der Waals surface area contributed by atoms with Crippen LogP contribution in [0.3, 0.4) is 0 Å². The Morgan fingerprint density at radius 1 is 0.898 bits per heavy atom. The van der Waals surface area contributed by atoms with Crippen LogP contribution in [0.2, 0.25) is 0 Å². The molecule has 12 heteroatoms. The summed E-state index contributed by atoms with van der Waals surface area (Å²) < 4.78 is 23.6. The van der Waals surface area contributed by atoms with Crippen molar-refractivity contribution >= 4 is 5.78 Å². The van der Waals surface area contributed by atoms with Crippen LogP contribution < -0.4 is 0 Å². The van der Waals surface area contributed by atoms with Gasteiger partial charge >= 0.3 is 0 Å². The van der Waals surface area contributed by atoms with Gasteiger partial charge in [-0.3, -0.25) is 4.79 Å². The SMILES string of the molecule is CC(C)CCC(=O)[C@@H](C)[C@@]1(O)[C@@H](OC2OCC(O)C(OC3OCC(O)C(O)C3O)C2O)CC2[C@@H]3CC=C4C[C@@H](O)CC[C@]4(C)[C@H]3CC[C@@]21C. The highest BCUT2D eigenvalue weighted by Gasteiger charge is 2.70. The van der Waals surface area contributed by atoms with E-state index in [0.717, 1.165) is 25.7 Å². The third kappa shape index (κ3) is 6.38. The van der Waals surface area contributed by atoms with Crippen molar-refractivity contribution in [2.75, 3.05) is 13.2 Å². The van der Waals surface area contributed by atoms with Crippen molar-refractivity contribution in [3.05, 3.63) is 11.6 Å². The second-order valence-electron chi connectivity index (χ2n) is 17.0. The third-order valence-corrected chi connectivity index (χ3v) is 13.9. The van der Waals surface area contributed by atoms with Gasteiger partial charge in [-0.15, -0.1) is 0 Å². The molecule has 0 aromatic carbocycles. The number of Topliss-reactive ketones (excluding diaryl/α,β-unsaturated/α-hetero) is 1. The van der Waals surface area contributed by atoms with Crippen LogP contribution in [0.4, 0.5) is 0 Å². The highest BCUT2D eigenvalue weighted by atomic mass is 16.7. The minimum atomic E-state index is -1.63. The first kappa shape index (κ1) is 37.7. The van der Waals surface area contributed by atoms with Crippen LogP contribution >= 0.6 is 0 Å². The fourth-order valence-corrected chi connectivity index (χ4v) is 10.8. The Balaban J connectivity index is 1.28. The molecule has 0 spiro atoms. The van der Waals surface area contributed by atoms with E-state index >= 15 is 0 Å². The molecule has 280 valence electrons. The Morgan fingerprint density at radius 2 is 1.57 bits per heavy atom. The summed E-state index contributed by atoms with van der Waals surface area (Å²) in [6.07, 6.45) is -4.08. The lowest BCUT2D eigenvalue weighted by Crippen LogP contribution is -2.63. The maximum atomic E-state index is 13.8. The fraction of sp³-hybridized carbons (Fsp3) is 0.919. The number of fused-ring (bicyclic) bond motifs is 5. The summed E-state index contributed by atoms with van der Waals surface area (Å²) in [5.74, 6) is 0.160. The summed E-state index contributed by atoms with van der Waals surface area (Å²) in [4.78, 5) is 13.8. The van der Waals surface area contributed by atoms with Crippen molar-refractivity contribution in [2.24, 2.45) is 40.4 Å². The minimum absolute atomic E-state index is 0.0140. The van der Waals surface area contributed by atoms with Crippen LogP contribution in [-0.2, 0) is 23.7 Å². The van der Waals surface area contributed by atoms with Gasteiger partial charge in [-0.25, -0.2) is 0 Å². The first-order valence-corrected chi connectivity index (χ1v) is 18.6. The number of carbonyl (C=O) groups is 1. The lowest BCUT2D eigenvalue weighted by atomic mass is 9.46. The van der Waals surface area contributed by atoms with Crippen molar-refractivity contribution in [3.8, 4) is 0 Å². The zero-order valence-corrected chi connectivity index (χ0v) is 29.7. The van der Waals surface area contributed by atoms with Crippen molar-refractivity contribution in [1.29, 1.82) is 0 Å². The lowest BCUT2D eigenvalue weighted by Gasteiger charge is -2.59. The smallest absolute Gasteiger partial charge is 0.186 e. The number of aliphatic hydroxyl groups is 7. The molecule has 0 aromatic rings. The maximum absolute atomic E-state index is 13.8. The van der Waals surface area contributed by atoms with Gasteiger partial charge in [0.2, 0.25) is 0 Å². The summed E-state index contributed by atoms with van der Waals surface area (Å²) >= 11 is 0. The van der Waals surface area contributed by atoms with Gasteiger partial charge in [0.1, 0.15) is 48.0 Å². The van der Waals surface area contributed by atoms with Crippen LogP contribution in [-0.4, -0.2) is 122 Å². The molecule has 2 aliphatic heterocycles. The van der Waals surface area contributed by atoms with Gasteiger partial charge in [-0.1, -0.05) is 46.3 Å². The number of hydrogen-bond acceptors (Lipinski definition) is 12. The molecule has 2 saturated heterocycles. The molecule has 17 atom stereocenters. The maximum Gasteiger partial charge on any atom is 0.186 e. The normalized spacial score (nSPS) is 50.6. The highest BCUT2D eigenvalue weighted by molar-refractivity contribution is 5.82. The molecule has 0 amide bonds. The average molecular weight is 697 g/mol. The van der Waals surface area contributed by atoms with E-state index in [4.69, 9.17) is 18.9 Å². The largest absolute Gasteiger partial charge is 0.393 e. The Hall–Kier alpha value is -1.03. The molecule has 12 nitrogen and oxygen atoms in total. The Bertz CT molecular complexity index is 1230. The first-order chi connectivity index (χ1) is 23.0. The topological polar surface area (TPSA) is 196 Å². The number of carbonyl (C=O) groups excluding carboxylic acids is 1. The predicted molar refractivity (Wildman–Crippen MR) is 176 cm³/mol. The summed E-state index contributed by atoms with van der Waals surface area (Å²) in [6.45, 7) is 9.78. The van der Waals surface area contributed by atoms with Gasteiger partial charge in [0.25, 0.3) is 0 Å². The molecule has 9 unspecified atom stereocenters. The quantitative estimate of drug-likeness (QED) is 0.172. The van der Waals surface area contributed by atoms with E-state index in [0.29, 0.717) is 43.9 Å². The van der Waals surface area contributed by atoms with Gasteiger partial charge < -0.3 is 54.7 Å². The summed E-state index contributed by atoms with van der Waals surface area (Å²) in [5, 5.41) is 76.2. The monoisotopic (exact) mass is 696 g/mol. The molecule has 0 radical (unpaired) electrons. The third-order valence-electron chi connectivity index (χ3n) is 13.9. The Kier molecular flexibility index (Phi) is 10.8. The number of rotatable bonds is 9. The number of hydrogen-bond donors (Lipinski definition) is 7. The van der Waals surface area contributed by atoms with Crippen LogP contribution in [0, 0.1) is 40.4 Å². The molecule has 6 rings (SSSR count). The number of ether oxygens (including phenoxy) is 4. The van der Waals surface area contributed by atoms with Crippen molar-refractivity contribution in [1.82, 2.24) is 0 Å². The van der Waals surface area contributed by atoms with Gasteiger partial charge in [0.05, 0.1) is 25.4 Å². The van der Waals surface area contributed by atoms with E-state index in [1.807, 2.05) is 0 Å². The summed E-state index contributed by atoms with van der Waals surface area (Å²) in [6, 6.07) is 0. The van der Waals surface area contributed by atoms with Crippen molar-refractivity contribution < 1.29 is 59.5 Å². The van der Waals surface area contributed by atoms with E-state index < -0.39 is 72.2 Å². The van der Waals surface area contributed by atoms with E-state index in [-0.39, 0.29) is 42.4 Å². The Labute approximate surface area is 289 Å². The zero-order valence-electron chi connectivity index (χ0n) is 29.7. The standard InChI is InChI=1S/C37H60O12/c1-18(2)6-9-25(39)19(3)37(45)28(48-34-31(44)32(27(41)17-47-34)49-33-30(43)29(42)26(40)16-46-33)15-24-22-8-7-20-14-21(38)10-12-35(20,4)23(22)11-13-36(24,37)5/h7,18-19,21-24,26-34,38,40-45H,6,8-17H2,1-5H3/t19-,21+,22-,23+,24?,26?,27?,28+,29?,30?,31?,32?,33?,34?,35+,36+,37-/m1/s1. The van der Waals surface area contributed by atoms with Gasteiger partial charge in [-0.2, -0.15) is 0 Å². The van der Waals surface area contributed by atoms with E-state index in [9.17, 15) is 40.5 Å². The molecule has 4 aliphatic carbocycles. The van der Waals surface area contributed by atoms with Crippen LogP contribution in [0.15, 0.2) is 11.6 Å². The minimum Gasteiger partial charge on any atom is -0.393 e. The molecule has 49 heavy (non-hydrogen) atoms. The number of aliphatic hydroxyl groups excluding tert-OH is 6.